The third-order valence-corrected chi connectivity index (χ3v) is 0.996. The largest absolute Gasteiger partial charge is 0.412 e. The summed E-state index contributed by atoms with van der Waals surface area (Å²) in [4.78, 5) is 40.1. The van der Waals surface area contributed by atoms with Gasteiger partial charge in [-0.2, -0.15) is 0 Å². The number of rotatable bonds is 4. The molecule has 0 aliphatic rings. The molecule has 17 heavy (non-hydrogen) atoms. The van der Waals surface area contributed by atoms with Crippen molar-refractivity contribution in [1.29, 1.82) is 0 Å². The average molecular weight is 295 g/mol. The number of hydrogen-bond donors (Lipinski definition) is 0. The van der Waals surface area contributed by atoms with Crippen LogP contribution in [0, 0.1) is 0 Å². The summed E-state index contributed by atoms with van der Waals surface area (Å²) in [6, 6.07) is 0. The van der Waals surface area contributed by atoms with Crippen LogP contribution in [0.1, 0.15) is 40.5 Å². The molecule has 0 aromatic carbocycles. The van der Waals surface area contributed by atoms with Crippen molar-refractivity contribution >= 4 is 23.1 Å². The van der Waals surface area contributed by atoms with Crippen LogP contribution < -0.4 is 0 Å². The summed E-state index contributed by atoms with van der Waals surface area (Å²) in [7, 11) is 0. The molecule has 0 atom stereocenters. The molecule has 4 N–H and O–H groups in total. The van der Waals surface area contributed by atoms with E-state index in [9.17, 15) is 19.2 Å². The third-order valence-electron chi connectivity index (χ3n) is 0.996. The maximum atomic E-state index is 10.0. The van der Waals surface area contributed by atoms with Crippen molar-refractivity contribution in [2.45, 2.75) is 40.5 Å². The standard InChI is InChI=1S/2C5H8O2.Co.2H2O/c2*1-4(6)3-5(2)7;;;/h2*3H2,1-2H3;;2*1H2. The first-order valence-corrected chi connectivity index (χ1v) is 4.23. The van der Waals surface area contributed by atoms with E-state index in [0.29, 0.717) is 0 Å². The Morgan fingerprint density at radius 1 is 0.588 bits per heavy atom. The summed E-state index contributed by atoms with van der Waals surface area (Å²) in [5.41, 5.74) is 0. The Kier molecular flexibility index (Phi) is 30.7. The van der Waals surface area contributed by atoms with E-state index in [1.165, 1.54) is 27.7 Å². The van der Waals surface area contributed by atoms with Crippen LogP contribution in [0.2, 0.25) is 0 Å². The van der Waals surface area contributed by atoms with Gasteiger partial charge in [0.2, 0.25) is 0 Å². The molecule has 0 saturated heterocycles. The van der Waals surface area contributed by atoms with Crippen LogP contribution in [0.25, 0.3) is 0 Å². The molecule has 6 nitrogen and oxygen atoms in total. The first-order chi connectivity index (χ1) is 6.25. The number of ketones is 4. The van der Waals surface area contributed by atoms with Crippen molar-refractivity contribution in [2.75, 3.05) is 0 Å². The minimum Gasteiger partial charge on any atom is -0.412 e. The van der Waals surface area contributed by atoms with E-state index in [1.807, 2.05) is 0 Å². The van der Waals surface area contributed by atoms with Gasteiger partial charge in [0.1, 0.15) is 23.1 Å². The molecule has 0 saturated carbocycles. The second kappa shape index (κ2) is 17.5. The van der Waals surface area contributed by atoms with Crippen LogP contribution in [0.4, 0.5) is 0 Å². The first kappa shape index (κ1) is 29.8. The van der Waals surface area contributed by atoms with Gasteiger partial charge in [0.05, 0.1) is 12.8 Å². The van der Waals surface area contributed by atoms with Crippen molar-refractivity contribution in [1.82, 2.24) is 0 Å². The summed E-state index contributed by atoms with van der Waals surface area (Å²) in [5.74, 6) is -0.250. The maximum absolute atomic E-state index is 10.0. The van der Waals surface area contributed by atoms with Crippen molar-refractivity contribution in [3.05, 3.63) is 0 Å². The van der Waals surface area contributed by atoms with Crippen molar-refractivity contribution < 1.29 is 46.9 Å². The van der Waals surface area contributed by atoms with E-state index in [4.69, 9.17) is 0 Å². The number of Topliss-reactive ketones (excluding diaryl/α,β-unsaturated/α-hetero) is 4. The van der Waals surface area contributed by atoms with E-state index >= 15 is 0 Å². The van der Waals surface area contributed by atoms with E-state index < -0.39 is 0 Å². The molecule has 0 spiro atoms. The molecule has 0 rings (SSSR count). The van der Waals surface area contributed by atoms with E-state index in [-0.39, 0.29) is 63.7 Å². The Morgan fingerprint density at radius 3 is 0.706 bits per heavy atom. The molecule has 0 amide bonds. The molecule has 0 heterocycles. The Labute approximate surface area is 111 Å². The Balaban J connectivity index is -0.0000000480. The summed E-state index contributed by atoms with van der Waals surface area (Å²) in [6.07, 6.45) is 0.167. The molecular formula is C10H20CoO6. The first-order valence-electron chi connectivity index (χ1n) is 4.23. The molecule has 0 aliphatic heterocycles. The van der Waals surface area contributed by atoms with Gasteiger partial charge >= 0.3 is 0 Å². The second-order valence-corrected chi connectivity index (χ2v) is 3.16. The molecular weight excluding hydrogens is 275 g/mol. The smallest absolute Gasteiger partial charge is 0.137 e. The van der Waals surface area contributed by atoms with Crippen molar-refractivity contribution in [2.24, 2.45) is 0 Å². The predicted molar refractivity (Wildman–Crippen MR) is 59.2 cm³/mol. The normalized spacial score (nSPS) is 6.82. The minimum atomic E-state index is -0.0625. The zero-order chi connectivity index (χ0) is 11.7. The van der Waals surface area contributed by atoms with E-state index in [0.717, 1.165) is 0 Å². The summed E-state index contributed by atoms with van der Waals surface area (Å²) >= 11 is 0. The molecule has 0 aromatic heterocycles. The van der Waals surface area contributed by atoms with Crippen LogP contribution in [-0.4, -0.2) is 34.1 Å². The fraction of sp³-hybridized carbons (Fsp3) is 0.600. The number of carbonyl (C=O) groups excluding carboxylic acids is 4. The summed E-state index contributed by atoms with van der Waals surface area (Å²) < 4.78 is 0. The van der Waals surface area contributed by atoms with Crippen LogP contribution in [0.5, 0.6) is 0 Å². The maximum Gasteiger partial charge on any atom is 0.137 e. The second-order valence-electron chi connectivity index (χ2n) is 3.16. The van der Waals surface area contributed by atoms with Gasteiger partial charge in [-0.1, -0.05) is 0 Å². The van der Waals surface area contributed by atoms with Crippen LogP contribution >= 0.6 is 0 Å². The molecule has 0 aromatic rings. The topological polar surface area (TPSA) is 131 Å². The van der Waals surface area contributed by atoms with Gasteiger partial charge < -0.3 is 11.0 Å². The van der Waals surface area contributed by atoms with Gasteiger partial charge in [-0.3, -0.25) is 19.2 Å². The van der Waals surface area contributed by atoms with Crippen LogP contribution in [0.15, 0.2) is 0 Å². The van der Waals surface area contributed by atoms with Gasteiger partial charge in [0.25, 0.3) is 0 Å². The van der Waals surface area contributed by atoms with E-state index in [1.54, 1.807) is 0 Å². The minimum absolute atomic E-state index is 0. The zero-order valence-electron chi connectivity index (χ0n) is 10.4. The Hall–Kier alpha value is -0.894. The summed E-state index contributed by atoms with van der Waals surface area (Å²) in [5, 5.41) is 0. The Morgan fingerprint density at radius 2 is 0.706 bits per heavy atom. The average Bonchev–Trinajstić information content (AvgIpc) is 1.79. The van der Waals surface area contributed by atoms with Crippen molar-refractivity contribution in [3.63, 3.8) is 0 Å². The quantitative estimate of drug-likeness (QED) is 0.644. The molecule has 7 heteroatoms. The van der Waals surface area contributed by atoms with Crippen LogP contribution in [-0.2, 0) is 36.0 Å². The van der Waals surface area contributed by atoms with Gasteiger partial charge in [-0.25, -0.2) is 0 Å². The van der Waals surface area contributed by atoms with E-state index in [2.05, 4.69) is 0 Å². The molecule has 0 aliphatic carbocycles. The predicted octanol–water partition coefficient (Wildman–Crippen LogP) is -0.543. The van der Waals surface area contributed by atoms with Gasteiger partial charge in [0.15, 0.2) is 0 Å². The fourth-order valence-corrected chi connectivity index (χ4v) is 0.701. The zero-order valence-corrected chi connectivity index (χ0v) is 11.4. The van der Waals surface area contributed by atoms with Gasteiger partial charge in [0, 0.05) is 16.8 Å². The van der Waals surface area contributed by atoms with Crippen LogP contribution in [0.3, 0.4) is 0 Å². The molecule has 0 bridgehead atoms. The van der Waals surface area contributed by atoms with Gasteiger partial charge in [-0.05, 0) is 27.7 Å². The molecule has 1 radical (unpaired) electrons. The third kappa shape index (κ3) is 51.4. The van der Waals surface area contributed by atoms with Gasteiger partial charge in [-0.15, -0.1) is 0 Å². The molecule has 0 fully saturated rings. The number of carbonyl (C=O) groups is 4. The summed E-state index contributed by atoms with van der Waals surface area (Å²) in [6.45, 7) is 5.62. The SMILES string of the molecule is CC(=O)CC(C)=O.CC(=O)CC(C)=O.O.O.[Co]. The van der Waals surface area contributed by atoms with Crippen molar-refractivity contribution in [3.8, 4) is 0 Å². The monoisotopic (exact) mass is 295 g/mol. The molecule has 0 unspecified atom stereocenters. The fourth-order valence-electron chi connectivity index (χ4n) is 0.701. The number of hydrogen-bond acceptors (Lipinski definition) is 4. The molecule has 105 valence electrons. The Bertz CT molecular complexity index is 199.